The zero-order valence-corrected chi connectivity index (χ0v) is 11.8. The average Bonchev–Trinajstić information content (AvgIpc) is 2.33. The highest BCUT2D eigenvalue weighted by Gasteiger charge is 2.11. The molecule has 4 nitrogen and oxygen atoms in total. The number of halogens is 2. The van der Waals surface area contributed by atoms with Crippen molar-refractivity contribution < 1.29 is 19.1 Å². The minimum atomic E-state index is -0.958. The van der Waals surface area contributed by atoms with Crippen molar-refractivity contribution in [1.29, 1.82) is 0 Å². The number of carbonyl (C=O) groups excluding carboxylic acids is 1. The molecule has 0 bridgehead atoms. The van der Waals surface area contributed by atoms with Crippen molar-refractivity contribution >= 4 is 35.2 Å². The number of nitrogens with zero attached hydrogens (tertiary/aromatic N) is 1. The van der Waals surface area contributed by atoms with E-state index in [9.17, 15) is 14.0 Å². The third-order valence-electron chi connectivity index (χ3n) is 2.28. The number of amides is 1. The zero-order chi connectivity index (χ0) is 14.4. The first-order valence-corrected chi connectivity index (χ1v) is 6.91. The van der Waals surface area contributed by atoms with Crippen molar-refractivity contribution in [2.24, 2.45) is 0 Å². The SMILES string of the molecule is CN(Cc1ccc(Cl)c(F)c1)C(=O)CSCC(=O)O. The second-order valence-corrected chi connectivity index (χ2v) is 5.28. The molecule has 0 aromatic heterocycles. The standard InChI is InChI=1S/C12H13ClFNO3S/c1-15(11(16)6-19-7-12(17)18)5-8-2-3-9(13)10(14)4-8/h2-4H,5-7H2,1H3,(H,17,18). The fourth-order valence-electron chi connectivity index (χ4n) is 1.34. The smallest absolute Gasteiger partial charge is 0.313 e. The number of benzene rings is 1. The molecule has 1 N–H and O–H groups in total. The van der Waals surface area contributed by atoms with Crippen LogP contribution in [0.15, 0.2) is 18.2 Å². The predicted molar refractivity (Wildman–Crippen MR) is 72.8 cm³/mol. The van der Waals surface area contributed by atoms with Gasteiger partial charge in [-0.1, -0.05) is 17.7 Å². The topological polar surface area (TPSA) is 57.6 Å². The fourth-order valence-corrected chi connectivity index (χ4v) is 2.13. The minimum absolute atomic E-state index is 0.0368. The highest BCUT2D eigenvalue weighted by Crippen LogP contribution is 2.16. The van der Waals surface area contributed by atoms with Gasteiger partial charge in [0.05, 0.1) is 16.5 Å². The highest BCUT2D eigenvalue weighted by molar-refractivity contribution is 8.00. The van der Waals surface area contributed by atoms with Gasteiger partial charge < -0.3 is 10.0 Å². The number of carbonyl (C=O) groups is 2. The van der Waals surface area contributed by atoms with Crippen molar-refractivity contribution in [1.82, 2.24) is 4.90 Å². The first kappa shape index (κ1) is 15.8. The van der Waals surface area contributed by atoms with Crippen LogP contribution in [0.1, 0.15) is 5.56 Å². The van der Waals surface area contributed by atoms with Gasteiger partial charge in [0.2, 0.25) is 5.91 Å². The van der Waals surface area contributed by atoms with Gasteiger partial charge >= 0.3 is 5.97 Å². The molecule has 0 saturated carbocycles. The molecule has 0 aliphatic carbocycles. The Morgan fingerprint density at radius 1 is 1.42 bits per heavy atom. The number of rotatable bonds is 6. The lowest BCUT2D eigenvalue weighted by Crippen LogP contribution is -2.28. The van der Waals surface area contributed by atoms with Gasteiger partial charge in [0, 0.05) is 13.6 Å². The van der Waals surface area contributed by atoms with E-state index in [-0.39, 0.29) is 29.0 Å². The van der Waals surface area contributed by atoms with E-state index in [2.05, 4.69) is 0 Å². The number of carboxylic acids is 1. The van der Waals surface area contributed by atoms with Gasteiger partial charge in [0.25, 0.3) is 0 Å². The summed E-state index contributed by atoms with van der Waals surface area (Å²) in [5, 5.41) is 8.49. The molecule has 0 fully saturated rings. The van der Waals surface area contributed by atoms with Crippen molar-refractivity contribution in [3.05, 3.63) is 34.6 Å². The molecule has 19 heavy (non-hydrogen) atoms. The summed E-state index contributed by atoms with van der Waals surface area (Å²) in [6.45, 7) is 0.251. The maximum Gasteiger partial charge on any atom is 0.313 e. The Morgan fingerprint density at radius 3 is 2.68 bits per heavy atom. The second-order valence-electron chi connectivity index (χ2n) is 3.88. The summed E-state index contributed by atoms with van der Waals surface area (Å²) >= 11 is 6.59. The zero-order valence-electron chi connectivity index (χ0n) is 10.2. The third kappa shape index (κ3) is 5.48. The van der Waals surface area contributed by atoms with Gasteiger partial charge in [-0.05, 0) is 17.7 Å². The van der Waals surface area contributed by atoms with Crippen LogP contribution in [0.25, 0.3) is 0 Å². The number of hydrogen-bond acceptors (Lipinski definition) is 3. The molecule has 0 atom stereocenters. The number of hydrogen-bond donors (Lipinski definition) is 1. The lowest BCUT2D eigenvalue weighted by molar-refractivity contribution is -0.133. The van der Waals surface area contributed by atoms with Gasteiger partial charge in [0.15, 0.2) is 0 Å². The summed E-state index contributed by atoms with van der Waals surface area (Å²) in [6, 6.07) is 4.35. The lowest BCUT2D eigenvalue weighted by atomic mass is 10.2. The van der Waals surface area contributed by atoms with Crippen LogP contribution in [-0.2, 0) is 16.1 Å². The number of carboxylic acid groups (broad SMARTS) is 1. The van der Waals surface area contributed by atoms with Crippen LogP contribution < -0.4 is 0 Å². The third-order valence-corrected chi connectivity index (χ3v) is 3.49. The summed E-state index contributed by atoms with van der Waals surface area (Å²) in [5.41, 5.74) is 0.626. The number of aliphatic carboxylic acids is 1. The van der Waals surface area contributed by atoms with Crippen molar-refractivity contribution in [2.45, 2.75) is 6.54 Å². The van der Waals surface area contributed by atoms with E-state index >= 15 is 0 Å². The second kappa shape index (κ2) is 7.35. The Hall–Kier alpha value is -1.27. The molecular formula is C12H13ClFNO3S. The van der Waals surface area contributed by atoms with E-state index < -0.39 is 11.8 Å². The maximum atomic E-state index is 13.2. The molecule has 1 aromatic carbocycles. The van der Waals surface area contributed by atoms with Crippen LogP contribution >= 0.6 is 23.4 Å². The van der Waals surface area contributed by atoms with Gasteiger partial charge in [-0.15, -0.1) is 11.8 Å². The van der Waals surface area contributed by atoms with E-state index in [0.717, 1.165) is 11.8 Å². The summed E-state index contributed by atoms with van der Waals surface area (Å²) in [4.78, 5) is 23.4. The number of thioether (sulfide) groups is 1. The van der Waals surface area contributed by atoms with Gasteiger partial charge in [-0.3, -0.25) is 9.59 Å². The van der Waals surface area contributed by atoms with Crippen LogP contribution in [0.3, 0.4) is 0 Å². The highest BCUT2D eigenvalue weighted by atomic mass is 35.5. The average molecular weight is 306 g/mol. The summed E-state index contributed by atoms with van der Waals surface area (Å²) in [5.74, 6) is -1.73. The molecule has 0 radical (unpaired) electrons. The minimum Gasteiger partial charge on any atom is -0.481 e. The molecule has 0 spiro atoms. The Kier molecular flexibility index (Phi) is 6.11. The van der Waals surface area contributed by atoms with E-state index in [1.165, 1.54) is 17.0 Å². The Bertz CT molecular complexity index is 484. The van der Waals surface area contributed by atoms with E-state index in [1.807, 2.05) is 0 Å². The predicted octanol–water partition coefficient (Wildman–Crippen LogP) is 2.26. The van der Waals surface area contributed by atoms with Gasteiger partial charge in [-0.2, -0.15) is 0 Å². The molecule has 1 rings (SSSR count). The summed E-state index contributed by atoms with van der Waals surface area (Å²) in [7, 11) is 1.58. The first-order valence-electron chi connectivity index (χ1n) is 5.37. The molecule has 1 aromatic rings. The fraction of sp³-hybridized carbons (Fsp3) is 0.333. The Balaban J connectivity index is 2.49. The molecule has 104 valence electrons. The van der Waals surface area contributed by atoms with Crippen LogP contribution in [0, 0.1) is 5.82 Å². The largest absolute Gasteiger partial charge is 0.481 e. The van der Waals surface area contributed by atoms with Crippen molar-refractivity contribution in [3.8, 4) is 0 Å². The van der Waals surface area contributed by atoms with E-state index in [4.69, 9.17) is 16.7 Å². The summed E-state index contributed by atoms with van der Waals surface area (Å²) < 4.78 is 13.2. The quantitative estimate of drug-likeness (QED) is 0.876. The van der Waals surface area contributed by atoms with Crippen LogP contribution in [-0.4, -0.2) is 40.4 Å². The summed E-state index contributed by atoms with van der Waals surface area (Å²) in [6.07, 6.45) is 0. The normalized spacial score (nSPS) is 10.3. The van der Waals surface area contributed by atoms with E-state index in [1.54, 1.807) is 13.1 Å². The Labute approximate surface area is 119 Å². The lowest BCUT2D eigenvalue weighted by Gasteiger charge is -2.17. The van der Waals surface area contributed by atoms with E-state index in [0.29, 0.717) is 5.56 Å². The molecule has 0 saturated heterocycles. The molecule has 0 unspecified atom stereocenters. The molecular weight excluding hydrogens is 293 g/mol. The maximum absolute atomic E-state index is 13.2. The van der Waals surface area contributed by atoms with Crippen molar-refractivity contribution in [3.63, 3.8) is 0 Å². The van der Waals surface area contributed by atoms with Crippen LogP contribution in [0.4, 0.5) is 4.39 Å². The monoisotopic (exact) mass is 305 g/mol. The molecule has 0 aliphatic rings. The Morgan fingerprint density at radius 2 is 2.11 bits per heavy atom. The van der Waals surface area contributed by atoms with Crippen LogP contribution in [0.2, 0.25) is 5.02 Å². The molecule has 0 heterocycles. The molecule has 0 aliphatic heterocycles. The molecule has 1 amide bonds. The van der Waals surface area contributed by atoms with Crippen LogP contribution in [0.5, 0.6) is 0 Å². The van der Waals surface area contributed by atoms with Crippen molar-refractivity contribution in [2.75, 3.05) is 18.6 Å². The first-order chi connectivity index (χ1) is 8.90. The van der Waals surface area contributed by atoms with Gasteiger partial charge in [-0.25, -0.2) is 4.39 Å². The molecule has 7 heteroatoms. The van der Waals surface area contributed by atoms with Gasteiger partial charge in [0.1, 0.15) is 5.82 Å².